The Morgan fingerprint density at radius 3 is 2.35 bits per heavy atom. The molecule has 37 heavy (non-hydrogen) atoms. The molecule has 0 radical (unpaired) electrons. The van der Waals surface area contributed by atoms with Crippen molar-refractivity contribution in [2.75, 3.05) is 13.7 Å². The van der Waals surface area contributed by atoms with E-state index in [0.29, 0.717) is 35.0 Å². The summed E-state index contributed by atoms with van der Waals surface area (Å²) in [4.78, 5) is 11.6. The molecule has 4 rings (SSSR count). The number of carbonyl (C=O) groups is 1. The molecule has 0 fully saturated rings. The molecular formula is C30H25F3O4. The molecule has 0 amide bonds. The number of aryl methyl sites for hydroxylation is 1. The molecule has 0 spiro atoms. The van der Waals surface area contributed by atoms with E-state index in [9.17, 15) is 18.0 Å². The van der Waals surface area contributed by atoms with Crippen LogP contribution < -0.4 is 9.47 Å². The molecule has 0 atom stereocenters. The topological polar surface area (TPSA) is 44.8 Å². The van der Waals surface area contributed by atoms with E-state index in [1.165, 1.54) is 12.1 Å². The van der Waals surface area contributed by atoms with Crippen LogP contribution in [0.4, 0.5) is 13.2 Å². The summed E-state index contributed by atoms with van der Waals surface area (Å²) in [6.07, 6.45) is -1.50. The maximum Gasteiger partial charge on any atom is 0.416 e. The second-order valence-electron chi connectivity index (χ2n) is 8.32. The van der Waals surface area contributed by atoms with E-state index in [-0.39, 0.29) is 0 Å². The SMILES string of the molecule is CCOC(=O)/C=C/c1ccc(Oc2c(-c3cccc(C(F)(F)F)c3)c(C)cc3cc(OC)ccc23)cc1. The molecule has 4 aromatic rings. The van der Waals surface area contributed by atoms with E-state index in [0.717, 1.165) is 34.0 Å². The summed E-state index contributed by atoms with van der Waals surface area (Å²) >= 11 is 0. The highest BCUT2D eigenvalue weighted by atomic mass is 19.4. The molecule has 190 valence electrons. The van der Waals surface area contributed by atoms with Crippen LogP contribution in [-0.4, -0.2) is 19.7 Å². The molecule has 0 unspecified atom stereocenters. The summed E-state index contributed by atoms with van der Waals surface area (Å²) in [5.41, 5.74) is 1.74. The minimum absolute atomic E-state index is 0.292. The van der Waals surface area contributed by atoms with Gasteiger partial charge in [-0.25, -0.2) is 4.79 Å². The summed E-state index contributed by atoms with van der Waals surface area (Å²) in [6, 6.07) is 19.6. The highest BCUT2D eigenvalue weighted by Crippen LogP contribution is 2.44. The van der Waals surface area contributed by atoms with Crippen molar-refractivity contribution in [3.63, 3.8) is 0 Å². The molecule has 0 bridgehead atoms. The third-order valence-electron chi connectivity index (χ3n) is 5.77. The van der Waals surface area contributed by atoms with Crippen LogP contribution in [0.2, 0.25) is 0 Å². The molecular weight excluding hydrogens is 481 g/mol. The van der Waals surface area contributed by atoms with Gasteiger partial charge in [0.2, 0.25) is 0 Å². The lowest BCUT2D eigenvalue weighted by molar-refractivity contribution is -0.138. The number of hydrogen-bond acceptors (Lipinski definition) is 4. The molecule has 0 aromatic heterocycles. The third kappa shape index (κ3) is 5.94. The van der Waals surface area contributed by atoms with Crippen LogP contribution in [0.1, 0.15) is 23.6 Å². The van der Waals surface area contributed by atoms with Crippen molar-refractivity contribution >= 4 is 22.8 Å². The molecule has 7 heteroatoms. The van der Waals surface area contributed by atoms with Gasteiger partial charge in [0.05, 0.1) is 19.3 Å². The lowest BCUT2D eigenvalue weighted by atomic mass is 9.93. The molecule has 0 N–H and O–H groups in total. The van der Waals surface area contributed by atoms with Gasteiger partial charge in [-0.05, 0) is 84.5 Å². The van der Waals surface area contributed by atoms with Crippen LogP contribution in [0.15, 0.2) is 78.9 Å². The second-order valence-corrected chi connectivity index (χ2v) is 8.32. The highest BCUT2D eigenvalue weighted by molar-refractivity contribution is 5.98. The lowest BCUT2D eigenvalue weighted by Gasteiger charge is -2.19. The van der Waals surface area contributed by atoms with Crippen LogP contribution >= 0.6 is 0 Å². The number of ether oxygens (including phenoxy) is 3. The summed E-state index contributed by atoms with van der Waals surface area (Å²) in [6.45, 7) is 3.86. The van der Waals surface area contributed by atoms with Crippen molar-refractivity contribution in [2.45, 2.75) is 20.0 Å². The van der Waals surface area contributed by atoms with Gasteiger partial charge < -0.3 is 14.2 Å². The molecule has 0 saturated carbocycles. The molecule has 0 heterocycles. The monoisotopic (exact) mass is 506 g/mol. The van der Waals surface area contributed by atoms with Crippen molar-refractivity contribution in [2.24, 2.45) is 0 Å². The average Bonchev–Trinajstić information content (AvgIpc) is 2.87. The van der Waals surface area contributed by atoms with Gasteiger partial charge in [0.1, 0.15) is 17.2 Å². The number of esters is 1. The molecule has 0 aliphatic carbocycles. The maximum atomic E-state index is 13.5. The number of fused-ring (bicyclic) bond motifs is 1. The largest absolute Gasteiger partial charge is 0.497 e. The van der Waals surface area contributed by atoms with Gasteiger partial charge in [-0.1, -0.05) is 30.3 Å². The Morgan fingerprint density at radius 1 is 0.946 bits per heavy atom. The third-order valence-corrected chi connectivity index (χ3v) is 5.77. The van der Waals surface area contributed by atoms with Gasteiger partial charge in [0.25, 0.3) is 0 Å². The van der Waals surface area contributed by atoms with E-state index in [1.807, 2.05) is 25.1 Å². The van der Waals surface area contributed by atoms with Crippen molar-refractivity contribution in [1.82, 2.24) is 0 Å². The Balaban J connectivity index is 1.80. The summed E-state index contributed by atoms with van der Waals surface area (Å²) in [5, 5.41) is 1.56. The first-order valence-corrected chi connectivity index (χ1v) is 11.6. The van der Waals surface area contributed by atoms with Crippen molar-refractivity contribution in [3.8, 4) is 28.4 Å². The predicted octanol–water partition coefficient (Wildman–Crippen LogP) is 8.21. The Labute approximate surface area is 212 Å². The number of rotatable bonds is 7. The van der Waals surface area contributed by atoms with Crippen LogP contribution in [0.3, 0.4) is 0 Å². The Hall–Kier alpha value is -4.26. The molecule has 0 aliphatic rings. The van der Waals surface area contributed by atoms with E-state index in [1.54, 1.807) is 56.5 Å². The molecule has 0 aliphatic heterocycles. The van der Waals surface area contributed by atoms with Crippen LogP contribution in [-0.2, 0) is 15.7 Å². The zero-order valence-electron chi connectivity index (χ0n) is 20.6. The van der Waals surface area contributed by atoms with Crippen molar-refractivity contribution < 1.29 is 32.2 Å². The Kier molecular flexibility index (Phi) is 7.53. The smallest absolute Gasteiger partial charge is 0.416 e. The number of methoxy groups -OCH3 is 1. The number of hydrogen-bond donors (Lipinski definition) is 0. The van der Waals surface area contributed by atoms with Crippen molar-refractivity contribution in [3.05, 3.63) is 95.6 Å². The maximum absolute atomic E-state index is 13.5. The molecule has 0 saturated heterocycles. The predicted molar refractivity (Wildman–Crippen MR) is 138 cm³/mol. The summed E-state index contributed by atoms with van der Waals surface area (Å²) in [5.74, 6) is 1.15. The van der Waals surface area contributed by atoms with Gasteiger partial charge in [-0.3, -0.25) is 0 Å². The first kappa shape index (κ1) is 25.8. The zero-order chi connectivity index (χ0) is 26.6. The van der Waals surface area contributed by atoms with Gasteiger partial charge in [0.15, 0.2) is 0 Å². The number of halogens is 3. The quantitative estimate of drug-likeness (QED) is 0.187. The zero-order valence-corrected chi connectivity index (χ0v) is 20.6. The first-order chi connectivity index (χ1) is 17.7. The normalized spacial score (nSPS) is 11.6. The van der Waals surface area contributed by atoms with Gasteiger partial charge >= 0.3 is 12.1 Å². The van der Waals surface area contributed by atoms with Crippen LogP contribution in [0.5, 0.6) is 17.2 Å². The summed E-state index contributed by atoms with van der Waals surface area (Å²) in [7, 11) is 1.57. The fourth-order valence-corrected chi connectivity index (χ4v) is 4.05. The fourth-order valence-electron chi connectivity index (χ4n) is 4.05. The summed E-state index contributed by atoms with van der Waals surface area (Å²) < 4.78 is 57.0. The van der Waals surface area contributed by atoms with Gasteiger partial charge in [0, 0.05) is 17.0 Å². The van der Waals surface area contributed by atoms with Crippen LogP contribution in [0.25, 0.3) is 28.0 Å². The molecule has 4 aromatic carbocycles. The van der Waals surface area contributed by atoms with E-state index in [2.05, 4.69) is 0 Å². The molecule has 4 nitrogen and oxygen atoms in total. The van der Waals surface area contributed by atoms with Crippen LogP contribution in [0, 0.1) is 6.92 Å². The fraction of sp³-hybridized carbons (Fsp3) is 0.167. The second kappa shape index (κ2) is 10.8. The van der Waals surface area contributed by atoms with Gasteiger partial charge in [-0.2, -0.15) is 13.2 Å². The van der Waals surface area contributed by atoms with Gasteiger partial charge in [-0.15, -0.1) is 0 Å². The minimum Gasteiger partial charge on any atom is -0.497 e. The average molecular weight is 507 g/mol. The standard InChI is InChI=1S/C30H25F3O4/c1-4-36-27(34)15-10-20-8-11-24(12-9-20)37-29-26-14-13-25(35-3)18-22(26)16-19(2)28(29)21-6-5-7-23(17-21)30(31,32)33/h5-18H,4H2,1-3H3/b15-10+. The van der Waals surface area contributed by atoms with E-state index in [4.69, 9.17) is 14.2 Å². The lowest BCUT2D eigenvalue weighted by Crippen LogP contribution is -2.05. The van der Waals surface area contributed by atoms with Crippen molar-refractivity contribution in [1.29, 1.82) is 0 Å². The highest BCUT2D eigenvalue weighted by Gasteiger charge is 2.31. The van der Waals surface area contributed by atoms with E-state index >= 15 is 0 Å². The number of carbonyl (C=O) groups excluding carboxylic acids is 1. The minimum atomic E-state index is -4.47. The Morgan fingerprint density at radius 2 is 1.68 bits per heavy atom. The van der Waals surface area contributed by atoms with E-state index < -0.39 is 17.7 Å². The number of alkyl halides is 3. The Bertz CT molecular complexity index is 1450. The number of benzene rings is 4. The first-order valence-electron chi connectivity index (χ1n) is 11.6.